The number of para-hydroxylation sites is 1. The predicted octanol–water partition coefficient (Wildman–Crippen LogP) is 3.76. The van der Waals surface area contributed by atoms with Gasteiger partial charge in [0.25, 0.3) is 0 Å². The van der Waals surface area contributed by atoms with E-state index in [2.05, 4.69) is 16.4 Å². The number of aromatic nitrogens is 1. The fourth-order valence-corrected chi connectivity index (χ4v) is 3.38. The van der Waals surface area contributed by atoms with Crippen molar-refractivity contribution in [3.8, 4) is 6.07 Å². The summed E-state index contributed by atoms with van der Waals surface area (Å²) in [6.07, 6.45) is 1.98. The van der Waals surface area contributed by atoms with Crippen molar-refractivity contribution in [2.75, 3.05) is 6.54 Å². The van der Waals surface area contributed by atoms with Crippen LogP contribution in [0.4, 0.5) is 4.39 Å². The van der Waals surface area contributed by atoms with Gasteiger partial charge in [-0.25, -0.2) is 4.39 Å². The number of hydrogen-bond acceptors (Lipinski definition) is 2. The van der Waals surface area contributed by atoms with E-state index < -0.39 is 0 Å². The molecule has 3 nitrogen and oxygen atoms in total. The van der Waals surface area contributed by atoms with E-state index in [-0.39, 0.29) is 11.9 Å². The van der Waals surface area contributed by atoms with Crippen molar-refractivity contribution in [2.45, 2.75) is 18.9 Å². The predicted molar refractivity (Wildman–Crippen MR) is 80.5 cm³/mol. The molecule has 1 aromatic heterocycles. The molecule has 0 saturated carbocycles. The molecule has 1 unspecified atom stereocenters. The molecule has 1 saturated heterocycles. The van der Waals surface area contributed by atoms with Crippen LogP contribution in [0.2, 0.25) is 0 Å². The molecule has 2 N–H and O–H groups in total. The lowest BCUT2D eigenvalue weighted by atomic mass is 9.96. The third-order valence-electron chi connectivity index (χ3n) is 4.30. The van der Waals surface area contributed by atoms with Crippen LogP contribution < -0.4 is 5.32 Å². The van der Waals surface area contributed by atoms with Gasteiger partial charge in [0.15, 0.2) is 0 Å². The second-order valence-electron chi connectivity index (χ2n) is 5.50. The molecule has 0 bridgehead atoms. The molecule has 4 heteroatoms. The second-order valence-corrected chi connectivity index (χ2v) is 5.50. The average Bonchev–Trinajstić information content (AvgIpc) is 3.14. The first-order valence-electron chi connectivity index (χ1n) is 7.16. The molecule has 2 aromatic carbocycles. The fraction of sp³-hybridized carbons (Fsp3) is 0.235. The van der Waals surface area contributed by atoms with E-state index in [4.69, 9.17) is 0 Å². The Hall–Kier alpha value is -2.38. The van der Waals surface area contributed by atoms with Crippen LogP contribution in [-0.2, 0) is 0 Å². The summed E-state index contributed by atoms with van der Waals surface area (Å²) >= 11 is 0. The summed E-state index contributed by atoms with van der Waals surface area (Å²) in [5.41, 5.74) is 2.73. The number of halogens is 1. The summed E-state index contributed by atoms with van der Waals surface area (Å²) < 4.78 is 14.6. The average molecular weight is 279 g/mol. The smallest absolute Gasteiger partial charge is 0.130 e. The molecule has 1 aliphatic heterocycles. The molecule has 3 aromatic rings. The number of nitriles is 1. The van der Waals surface area contributed by atoms with Gasteiger partial charge in [-0.1, -0.05) is 18.2 Å². The highest BCUT2D eigenvalue weighted by molar-refractivity contribution is 6.10. The normalized spacial score (nSPS) is 18.4. The fourth-order valence-electron chi connectivity index (χ4n) is 3.38. The van der Waals surface area contributed by atoms with E-state index >= 15 is 0 Å². The van der Waals surface area contributed by atoms with Crippen LogP contribution in [0.3, 0.4) is 0 Å². The zero-order valence-electron chi connectivity index (χ0n) is 11.4. The van der Waals surface area contributed by atoms with Gasteiger partial charge in [-0.15, -0.1) is 0 Å². The Morgan fingerprint density at radius 1 is 1.29 bits per heavy atom. The Morgan fingerprint density at radius 3 is 2.90 bits per heavy atom. The van der Waals surface area contributed by atoms with Gasteiger partial charge in [-0.2, -0.15) is 5.26 Å². The van der Waals surface area contributed by atoms with Crippen molar-refractivity contribution in [1.82, 2.24) is 10.3 Å². The van der Waals surface area contributed by atoms with Gasteiger partial charge in [0.1, 0.15) is 11.9 Å². The highest BCUT2D eigenvalue weighted by Crippen LogP contribution is 2.37. The van der Waals surface area contributed by atoms with Crippen molar-refractivity contribution in [2.24, 2.45) is 0 Å². The number of benzene rings is 2. The highest BCUT2D eigenvalue weighted by Gasteiger charge is 2.25. The van der Waals surface area contributed by atoms with Crippen LogP contribution in [0, 0.1) is 17.1 Å². The van der Waals surface area contributed by atoms with Gasteiger partial charge in [-0.3, -0.25) is 0 Å². The molecule has 0 amide bonds. The summed E-state index contributed by atoms with van der Waals surface area (Å²) in [7, 11) is 0. The van der Waals surface area contributed by atoms with Crippen LogP contribution in [0.1, 0.15) is 30.0 Å². The Labute approximate surface area is 121 Å². The molecule has 2 heterocycles. The number of fused-ring (bicyclic) bond motifs is 3. The van der Waals surface area contributed by atoms with Crippen LogP contribution >= 0.6 is 0 Å². The molecule has 0 aliphatic carbocycles. The minimum absolute atomic E-state index is 0.0273. The highest BCUT2D eigenvalue weighted by atomic mass is 19.1. The molecule has 4 rings (SSSR count). The standard InChI is InChI=1S/C17H14FN3/c18-12-8-10(9-19)17-15(16(12)14-6-3-7-20-14)11-4-1-2-5-13(11)21-17/h1-2,4-5,8,14,20-21H,3,6-7H2. The third-order valence-corrected chi connectivity index (χ3v) is 4.30. The zero-order chi connectivity index (χ0) is 14.4. The summed E-state index contributed by atoms with van der Waals surface area (Å²) in [4.78, 5) is 3.27. The number of nitrogens with zero attached hydrogens (tertiary/aromatic N) is 1. The van der Waals surface area contributed by atoms with Crippen LogP contribution in [0.5, 0.6) is 0 Å². The molecular weight excluding hydrogens is 265 g/mol. The van der Waals surface area contributed by atoms with Crippen LogP contribution in [0.25, 0.3) is 21.8 Å². The van der Waals surface area contributed by atoms with Crippen molar-refractivity contribution < 1.29 is 4.39 Å². The maximum absolute atomic E-state index is 14.6. The van der Waals surface area contributed by atoms with E-state index in [1.807, 2.05) is 24.3 Å². The lowest BCUT2D eigenvalue weighted by Crippen LogP contribution is -2.15. The van der Waals surface area contributed by atoms with Crippen molar-refractivity contribution in [1.29, 1.82) is 5.26 Å². The number of H-pyrrole nitrogens is 1. The SMILES string of the molecule is N#Cc1cc(F)c(C2CCCN2)c2c1[nH]c1ccccc12. The molecular formula is C17H14FN3. The lowest BCUT2D eigenvalue weighted by molar-refractivity contribution is 0.563. The molecule has 21 heavy (non-hydrogen) atoms. The quantitative estimate of drug-likeness (QED) is 0.712. The summed E-state index contributed by atoms with van der Waals surface area (Å²) in [6.45, 7) is 0.911. The first kappa shape index (κ1) is 12.4. The Balaban J connectivity index is 2.17. The minimum atomic E-state index is -0.289. The van der Waals surface area contributed by atoms with Crippen molar-refractivity contribution in [3.05, 3.63) is 47.3 Å². The third kappa shape index (κ3) is 1.75. The maximum Gasteiger partial charge on any atom is 0.130 e. The van der Waals surface area contributed by atoms with Crippen LogP contribution in [0.15, 0.2) is 30.3 Å². The second kappa shape index (κ2) is 4.57. The van der Waals surface area contributed by atoms with E-state index in [1.165, 1.54) is 6.07 Å². The first-order chi connectivity index (χ1) is 10.3. The van der Waals surface area contributed by atoms with Gasteiger partial charge in [0, 0.05) is 27.9 Å². The molecule has 1 fully saturated rings. The number of rotatable bonds is 1. The van der Waals surface area contributed by atoms with E-state index in [0.29, 0.717) is 11.1 Å². The first-order valence-corrected chi connectivity index (χ1v) is 7.16. The van der Waals surface area contributed by atoms with Gasteiger partial charge < -0.3 is 10.3 Å². The molecule has 1 aliphatic rings. The topological polar surface area (TPSA) is 51.6 Å². The van der Waals surface area contributed by atoms with E-state index in [0.717, 1.165) is 41.2 Å². The molecule has 104 valence electrons. The lowest BCUT2D eigenvalue weighted by Gasteiger charge is -2.14. The molecule has 1 atom stereocenters. The van der Waals surface area contributed by atoms with E-state index in [1.54, 1.807) is 0 Å². The van der Waals surface area contributed by atoms with Crippen molar-refractivity contribution >= 4 is 21.8 Å². The molecule has 0 radical (unpaired) electrons. The number of nitrogens with one attached hydrogen (secondary N) is 2. The maximum atomic E-state index is 14.6. The largest absolute Gasteiger partial charge is 0.353 e. The number of hydrogen-bond donors (Lipinski definition) is 2. The van der Waals surface area contributed by atoms with Gasteiger partial charge in [0.05, 0.1) is 11.1 Å². The zero-order valence-corrected chi connectivity index (χ0v) is 11.4. The van der Waals surface area contributed by atoms with Gasteiger partial charge in [-0.05, 0) is 31.5 Å². The van der Waals surface area contributed by atoms with Gasteiger partial charge >= 0.3 is 0 Å². The summed E-state index contributed by atoms with van der Waals surface area (Å²) in [5.74, 6) is -0.289. The Bertz CT molecular complexity index is 882. The summed E-state index contributed by atoms with van der Waals surface area (Å²) in [5, 5.41) is 14.5. The molecule has 0 spiro atoms. The Kier molecular flexibility index (Phi) is 2.69. The van der Waals surface area contributed by atoms with Gasteiger partial charge in [0.2, 0.25) is 0 Å². The monoisotopic (exact) mass is 279 g/mol. The number of aromatic amines is 1. The summed E-state index contributed by atoms with van der Waals surface area (Å²) in [6, 6.07) is 11.3. The minimum Gasteiger partial charge on any atom is -0.353 e. The van der Waals surface area contributed by atoms with Crippen molar-refractivity contribution in [3.63, 3.8) is 0 Å². The van der Waals surface area contributed by atoms with Crippen LogP contribution in [-0.4, -0.2) is 11.5 Å². The Morgan fingerprint density at radius 2 is 2.14 bits per heavy atom. The van der Waals surface area contributed by atoms with E-state index in [9.17, 15) is 9.65 Å².